The molecule has 0 aliphatic heterocycles. The molecule has 0 saturated carbocycles. The number of rotatable bonds is 5. The minimum atomic E-state index is -3.64. The summed E-state index contributed by atoms with van der Waals surface area (Å²) in [5.41, 5.74) is 0.468. The molecule has 0 aliphatic rings. The number of nitrogens with zero attached hydrogens (tertiary/aromatic N) is 2. The maximum atomic E-state index is 12.6. The van der Waals surface area contributed by atoms with Gasteiger partial charge in [-0.05, 0) is 24.5 Å². The van der Waals surface area contributed by atoms with Crippen LogP contribution in [0.3, 0.4) is 0 Å². The summed E-state index contributed by atoms with van der Waals surface area (Å²) in [6, 6.07) is 5.40. The zero-order valence-electron chi connectivity index (χ0n) is 12.8. The van der Waals surface area contributed by atoms with E-state index in [9.17, 15) is 8.42 Å². The summed E-state index contributed by atoms with van der Waals surface area (Å²) in [7, 11) is -3.64. The van der Waals surface area contributed by atoms with Gasteiger partial charge in [0.15, 0.2) is 10.8 Å². The highest BCUT2D eigenvalue weighted by molar-refractivity contribution is 7.89. The maximum Gasteiger partial charge on any atom is 0.260 e. The van der Waals surface area contributed by atoms with Gasteiger partial charge >= 0.3 is 0 Å². The molecule has 0 aromatic carbocycles. The summed E-state index contributed by atoms with van der Waals surface area (Å²) >= 11 is 0. The molecule has 0 fully saturated rings. The van der Waals surface area contributed by atoms with E-state index in [1.165, 1.54) is 0 Å². The SMILES string of the molecule is CCNc1nc2ccccn2c1S(=O)(=O)NCC(C)(C)C. The lowest BCUT2D eigenvalue weighted by molar-refractivity contribution is 0.407. The number of fused-ring (bicyclic) bond motifs is 1. The van der Waals surface area contributed by atoms with E-state index in [4.69, 9.17) is 0 Å². The molecule has 0 amide bonds. The fraction of sp³-hybridized carbons (Fsp3) is 0.500. The van der Waals surface area contributed by atoms with Gasteiger partial charge in [-0.15, -0.1) is 0 Å². The summed E-state index contributed by atoms with van der Waals surface area (Å²) < 4.78 is 29.5. The zero-order chi connectivity index (χ0) is 15.7. The molecule has 2 heterocycles. The van der Waals surface area contributed by atoms with E-state index in [1.54, 1.807) is 22.7 Å². The lowest BCUT2D eigenvalue weighted by Crippen LogP contribution is -2.33. The Kier molecular flexibility index (Phi) is 4.25. The Bertz CT molecular complexity index is 729. The van der Waals surface area contributed by atoms with Crippen LogP contribution in [-0.2, 0) is 10.0 Å². The Balaban J connectivity index is 2.50. The fourth-order valence-corrected chi connectivity index (χ4v) is 3.44. The molecule has 6 nitrogen and oxygen atoms in total. The Morgan fingerprint density at radius 3 is 2.62 bits per heavy atom. The molecule has 7 heteroatoms. The lowest BCUT2D eigenvalue weighted by Gasteiger charge is -2.19. The highest BCUT2D eigenvalue weighted by atomic mass is 32.2. The molecule has 0 atom stereocenters. The Morgan fingerprint density at radius 1 is 1.29 bits per heavy atom. The number of sulfonamides is 1. The van der Waals surface area contributed by atoms with Gasteiger partial charge in [-0.25, -0.2) is 18.1 Å². The number of hydrogen-bond donors (Lipinski definition) is 2. The monoisotopic (exact) mass is 310 g/mol. The molecule has 0 bridgehead atoms. The molecule has 0 radical (unpaired) electrons. The number of aromatic nitrogens is 2. The number of hydrogen-bond acceptors (Lipinski definition) is 4. The smallest absolute Gasteiger partial charge is 0.260 e. The van der Waals surface area contributed by atoms with Crippen LogP contribution in [0.4, 0.5) is 5.82 Å². The summed E-state index contributed by atoms with van der Waals surface area (Å²) in [5.74, 6) is 0.380. The van der Waals surface area contributed by atoms with Crippen LogP contribution in [0.25, 0.3) is 5.65 Å². The van der Waals surface area contributed by atoms with Crippen molar-refractivity contribution in [3.8, 4) is 0 Å². The van der Waals surface area contributed by atoms with Crippen molar-refractivity contribution >= 4 is 21.5 Å². The van der Waals surface area contributed by atoms with E-state index in [0.717, 1.165) is 0 Å². The number of imidazole rings is 1. The van der Waals surface area contributed by atoms with Gasteiger partial charge < -0.3 is 5.32 Å². The number of nitrogens with one attached hydrogen (secondary N) is 2. The largest absolute Gasteiger partial charge is 0.368 e. The predicted molar refractivity (Wildman–Crippen MR) is 84.0 cm³/mol. The van der Waals surface area contributed by atoms with E-state index in [1.807, 2.05) is 33.8 Å². The van der Waals surface area contributed by atoms with Gasteiger partial charge in [0.1, 0.15) is 5.65 Å². The first kappa shape index (κ1) is 15.8. The molecule has 0 spiro atoms. The second-order valence-electron chi connectivity index (χ2n) is 6.11. The lowest BCUT2D eigenvalue weighted by atomic mass is 9.98. The van der Waals surface area contributed by atoms with Crippen LogP contribution in [0.15, 0.2) is 29.4 Å². The minimum absolute atomic E-state index is 0.133. The third-order valence-corrected chi connectivity index (χ3v) is 4.30. The van der Waals surface area contributed by atoms with Crippen LogP contribution in [-0.4, -0.2) is 30.9 Å². The summed E-state index contributed by atoms with van der Waals surface area (Å²) in [6.07, 6.45) is 1.70. The van der Waals surface area contributed by atoms with E-state index >= 15 is 0 Å². The molecule has 2 aromatic heterocycles. The average molecular weight is 310 g/mol. The molecular weight excluding hydrogens is 288 g/mol. The zero-order valence-corrected chi connectivity index (χ0v) is 13.7. The number of pyridine rings is 1. The van der Waals surface area contributed by atoms with E-state index in [2.05, 4.69) is 15.0 Å². The quantitative estimate of drug-likeness (QED) is 0.886. The molecule has 0 saturated heterocycles. The molecule has 21 heavy (non-hydrogen) atoms. The Morgan fingerprint density at radius 2 is 2.00 bits per heavy atom. The van der Waals surface area contributed by atoms with Gasteiger partial charge in [0.05, 0.1) is 0 Å². The van der Waals surface area contributed by atoms with Gasteiger partial charge in [-0.3, -0.25) is 4.40 Å². The summed E-state index contributed by atoms with van der Waals surface area (Å²) in [5, 5.41) is 3.17. The Hall–Kier alpha value is -1.60. The molecule has 0 aliphatic carbocycles. The number of anilines is 1. The third kappa shape index (κ3) is 3.54. The van der Waals surface area contributed by atoms with E-state index in [-0.39, 0.29) is 10.4 Å². The molecular formula is C14H22N4O2S. The molecule has 2 rings (SSSR count). The summed E-state index contributed by atoms with van der Waals surface area (Å²) in [4.78, 5) is 4.35. The maximum absolute atomic E-state index is 12.6. The normalized spacial score (nSPS) is 12.8. The van der Waals surface area contributed by atoms with Crippen molar-refractivity contribution in [1.82, 2.24) is 14.1 Å². The van der Waals surface area contributed by atoms with Crippen LogP contribution in [0.5, 0.6) is 0 Å². The molecule has 116 valence electrons. The van der Waals surface area contributed by atoms with E-state index < -0.39 is 10.0 Å². The topological polar surface area (TPSA) is 75.5 Å². The standard InChI is InChI=1S/C14H22N4O2S/c1-5-15-12-13(18-9-7-6-8-11(18)17-12)21(19,20)16-10-14(2,3)4/h6-9,15-16H,5,10H2,1-4H3. The van der Waals surface area contributed by atoms with Crippen LogP contribution in [0.1, 0.15) is 27.7 Å². The van der Waals surface area contributed by atoms with Gasteiger partial charge in [0.2, 0.25) is 0 Å². The van der Waals surface area contributed by atoms with Crippen molar-refractivity contribution in [2.75, 3.05) is 18.4 Å². The van der Waals surface area contributed by atoms with Crippen LogP contribution >= 0.6 is 0 Å². The first-order valence-electron chi connectivity index (χ1n) is 6.95. The average Bonchev–Trinajstić information content (AvgIpc) is 2.75. The second-order valence-corrected chi connectivity index (χ2v) is 7.79. The van der Waals surface area contributed by atoms with Gasteiger partial charge in [-0.1, -0.05) is 26.8 Å². The van der Waals surface area contributed by atoms with Crippen LogP contribution in [0, 0.1) is 5.41 Å². The first-order valence-corrected chi connectivity index (χ1v) is 8.43. The predicted octanol–water partition coefficient (Wildman–Crippen LogP) is 2.09. The van der Waals surface area contributed by atoms with Crippen molar-refractivity contribution < 1.29 is 8.42 Å². The van der Waals surface area contributed by atoms with Crippen molar-refractivity contribution in [2.24, 2.45) is 5.41 Å². The third-order valence-electron chi connectivity index (χ3n) is 2.88. The van der Waals surface area contributed by atoms with Crippen molar-refractivity contribution in [1.29, 1.82) is 0 Å². The van der Waals surface area contributed by atoms with Crippen LogP contribution in [0.2, 0.25) is 0 Å². The van der Waals surface area contributed by atoms with E-state index in [0.29, 0.717) is 24.6 Å². The van der Waals surface area contributed by atoms with Gasteiger partial charge in [0, 0.05) is 19.3 Å². The highest BCUT2D eigenvalue weighted by Gasteiger charge is 2.26. The summed E-state index contributed by atoms with van der Waals surface area (Å²) in [6.45, 7) is 8.81. The Labute approximate surface area is 125 Å². The van der Waals surface area contributed by atoms with Gasteiger partial charge in [-0.2, -0.15) is 0 Å². The molecule has 2 aromatic rings. The highest BCUT2D eigenvalue weighted by Crippen LogP contribution is 2.23. The first-order chi connectivity index (χ1) is 9.74. The van der Waals surface area contributed by atoms with Crippen molar-refractivity contribution in [2.45, 2.75) is 32.7 Å². The van der Waals surface area contributed by atoms with Crippen LogP contribution < -0.4 is 10.0 Å². The molecule has 2 N–H and O–H groups in total. The van der Waals surface area contributed by atoms with Gasteiger partial charge in [0.25, 0.3) is 10.0 Å². The van der Waals surface area contributed by atoms with Crippen molar-refractivity contribution in [3.05, 3.63) is 24.4 Å². The van der Waals surface area contributed by atoms with Crippen molar-refractivity contribution in [3.63, 3.8) is 0 Å². The second kappa shape index (κ2) is 5.65. The minimum Gasteiger partial charge on any atom is -0.368 e. The fourth-order valence-electron chi connectivity index (χ4n) is 1.89. The molecule has 0 unspecified atom stereocenters.